The molecule has 0 aliphatic rings. The maximum absolute atomic E-state index is 10.8. The predicted octanol–water partition coefficient (Wildman–Crippen LogP) is 3.56. The van der Waals surface area contributed by atoms with Crippen LogP contribution in [0.3, 0.4) is 0 Å². The summed E-state index contributed by atoms with van der Waals surface area (Å²) in [5.74, 6) is -1.47. The van der Waals surface area contributed by atoms with Gasteiger partial charge in [-0.25, -0.2) is 4.79 Å². The number of aromatic carboxylic acids is 1. The van der Waals surface area contributed by atoms with Crippen LogP contribution in [0, 0.1) is 0 Å². The van der Waals surface area contributed by atoms with E-state index in [2.05, 4.69) is 4.99 Å². The van der Waals surface area contributed by atoms with Crippen LogP contribution in [0.1, 0.15) is 15.2 Å². The molecule has 0 spiro atoms. The second kappa shape index (κ2) is 5.20. The third kappa shape index (κ3) is 2.88. The van der Waals surface area contributed by atoms with Gasteiger partial charge in [0.1, 0.15) is 11.3 Å². The average molecular weight is 282 g/mol. The minimum absolute atomic E-state index is 0.172. The molecule has 0 bridgehead atoms. The number of thiophene rings is 1. The van der Waals surface area contributed by atoms with E-state index in [1.54, 1.807) is 12.3 Å². The minimum atomic E-state index is -1.19. The highest BCUT2D eigenvalue weighted by Gasteiger charge is 2.09. The van der Waals surface area contributed by atoms with Crippen LogP contribution in [0.25, 0.3) is 0 Å². The zero-order valence-corrected chi connectivity index (χ0v) is 10.6. The number of phenols is 1. The number of aromatic hydroxyl groups is 1. The van der Waals surface area contributed by atoms with E-state index < -0.39 is 5.97 Å². The van der Waals surface area contributed by atoms with E-state index in [1.165, 1.54) is 29.5 Å². The van der Waals surface area contributed by atoms with Crippen molar-refractivity contribution in [2.24, 2.45) is 4.99 Å². The summed E-state index contributed by atoms with van der Waals surface area (Å²) in [4.78, 5) is 15.8. The van der Waals surface area contributed by atoms with Crippen molar-refractivity contribution >= 4 is 40.8 Å². The maximum atomic E-state index is 10.8. The topological polar surface area (TPSA) is 69.9 Å². The van der Waals surface area contributed by atoms with Crippen LogP contribution in [0.2, 0.25) is 4.34 Å². The van der Waals surface area contributed by atoms with Gasteiger partial charge in [-0.2, -0.15) is 0 Å². The van der Waals surface area contributed by atoms with Crippen LogP contribution in [0.15, 0.2) is 35.3 Å². The molecule has 0 saturated carbocycles. The Morgan fingerprint density at radius 2 is 2.11 bits per heavy atom. The number of carboxylic acids is 1. The molecule has 0 radical (unpaired) electrons. The molecule has 1 aromatic heterocycles. The van der Waals surface area contributed by atoms with Crippen LogP contribution >= 0.6 is 22.9 Å². The minimum Gasteiger partial charge on any atom is -0.507 e. The Labute approximate surface area is 112 Å². The summed E-state index contributed by atoms with van der Waals surface area (Å²) >= 11 is 7.15. The van der Waals surface area contributed by atoms with Gasteiger partial charge in [-0.1, -0.05) is 11.6 Å². The van der Waals surface area contributed by atoms with Crippen molar-refractivity contribution < 1.29 is 15.0 Å². The Hall–Kier alpha value is -1.85. The first kappa shape index (κ1) is 12.6. The molecular weight excluding hydrogens is 274 g/mol. The highest BCUT2D eigenvalue weighted by molar-refractivity contribution is 7.17. The van der Waals surface area contributed by atoms with Crippen LogP contribution in [0.5, 0.6) is 5.75 Å². The summed E-state index contributed by atoms with van der Waals surface area (Å²) in [5, 5.41) is 18.2. The first-order valence-corrected chi connectivity index (χ1v) is 6.11. The number of benzene rings is 1. The fourth-order valence-corrected chi connectivity index (χ4v) is 2.24. The van der Waals surface area contributed by atoms with Gasteiger partial charge in [-0.15, -0.1) is 11.3 Å². The molecule has 0 aliphatic heterocycles. The highest BCUT2D eigenvalue weighted by Crippen LogP contribution is 2.24. The summed E-state index contributed by atoms with van der Waals surface area (Å²) in [6, 6.07) is 7.72. The zero-order valence-electron chi connectivity index (χ0n) is 9.00. The Morgan fingerprint density at radius 3 is 2.72 bits per heavy atom. The molecule has 2 N–H and O–H groups in total. The van der Waals surface area contributed by atoms with Crippen molar-refractivity contribution in [3.05, 3.63) is 45.1 Å². The number of hydrogen-bond acceptors (Lipinski definition) is 4. The monoisotopic (exact) mass is 281 g/mol. The summed E-state index contributed by atoms with van der Waals surface area (Å²) in [5.41, 5.74) is 0.281. The molecule has 0 amide bonds. The zero-order chi connectivity index (χ0) is 13.1. The van der Waals surface area contributed by atoms with E-state index in [9.17, 15) is 9.90 Å². The second-order valence-corrected chi connectivity index (χ2v) is 5.15. The van der Waals surface area contributed by atoms with Crippen LogP contribution < -0.4 is 0 Å². The number of hydrogen-bond donors (Lipinski definition) is 2. The van der Waals surface area contributed by atoms with E-state index in [-0.39, 0.29) is 11.3 Å². The van der Waals surface area contributed by atoms with Gasteiger partial charge in [0.15, 0.2) is 0 Å². The Bertz CT molecular complexity index is 622. The van der Waals surface area contributed by atoms with Crippen LogP contribution in [-0.2, 0) is 0 Å². The van der Waals surface area contributed by atoms with E-state index in [4.69, 9.17) is 16.7 Å². The standard InChI is InChI=1S/C12H8ClNO3S/c13-11-4-2-8(18-11)6-14-7-1-3-10(15)9(5-7)12(16)17/h1-6,15H,(H,16,17). The van der Waals surface area contributed by atoms with Gasteiger partial charge in [0.25, 0.3) is 0 Å². The van der Waals surface area contributed by atoms with Gasteiger partial charge < -0.3 is 10.2 Å². The van der Waals surface area contributed by atoms with E-state index in [0.717, 1.165) is 4.88 Å². The van der Waals surface area contributed by atoms with Crippen LogP contribution in [-0.4, -0.2) is 22.4 Å². The van der Waals surface area contributed by atoms with Gasteiger partial charge in [0.05, 0.1) is 10.0 Å². The molecule has 2 rings (SSSR count). The van der Waals surface area contributed by atoms with E-state index in [0.29, 0.717) is 10.0 Å². The normalized spacial score (nSPS) is 10.9. The number of carbonyl (C=O) groups is 1. The molecule has 0 unspecified atom stereocenters. The molecular formula is C12H8ClNO3S. The lowest BCUT2D eigenvalue weighted by Gasteiger charge is -2.00. The first-order valence-electron chi connectivity index (χ1n) is 4.92. The number of carboxylic acid groups (broad SMARTS) is 1. The molecule has 4 nitrogen and oxygen atoms in total. The highest BCUT2D eigenvalue weighted by atomic mass is 35.5. The molecule has 0 atom stereocenters. The van der Waals surface area contributed by atoms with Crippen molar-refractivity contribution in [1.29, 1.82) is 0 Å². The van der Waals surface area contributed by atoms with Crippen molar-refractivity contribution in [2.75, 3.05) is 0 Å². The number of halogens is 1. The summed E-state index contributed by atoms with van der Waals surface area (Å²) in [7, 11) is 0. The van der Waals surface area contributed by atoms with Gasteiger partial charge in [0, 0.05) is 11.1 Å². The molecule has 2 aromatic rings. The van der Waals surface area contributed by atoms with Crippen molar-refractivity contribution in [2.45, 2.75) is 0 Å². The van der Waals surface area contributed by atoms with Gasteiger partial charge in [-0.3, -0.25) is 4.99 Å². The van der Waals surface area contributed by atoms with Gasteiger partial charge in [0.2, 0.25) is 0 Å². The van der Waals surface area contributed by atoms with E-state index >= 15 is 0 Å². The van der Waals surface area contributed by atoms with Gasteiger partial charge >= 0.3 is 5.97 Å². The fraction of sp³-hybridized carbons (Fsp3) is 0. The molecule has 92 valence electrons. The maximum Gasteiger partial charge on any atom is 0.339 e. The van der Waals surface area contributed by atoms with Gasteiger partial charge in [-0.05, 0) is 30.3 Å². The molecule has 0 saturated heterocycles. The van der Waals surface area contributed by atoms with Crippen molar-refractivity contribution in [3.8, 4) is 5.75 Å². The quantitative estimate of drug-likeness (QED) is 0.845. The third-order valence-electron chi connectivity index (χ3n) is 2.15. The fourth-order valence-electron chi connectivity index (χ4n) is 1.31. The van der Waals surface area contributed by atoms with Crippen molar-refractivity contribution in [3.63, 3.8) is 0 Å². The second-order valence-electron chi connectivity index (χ2n) is 3.41. The summed E-state index contributed by atoms with van der Waals surface area (Å²) < 4.78 is 0.661. The molecule has 0 fully saturated rings. The summed E-state index contributed by atoms with van der Waals surface area (Å²) in [6.07, 6.45) is 1.59. The number of rotatable bonds is 3. The lowest BCUT2D eigenvalue weighted by Crippen LogP contribution is -1.95. The lowest BCUT2D eigenvalue weighted by atomic mass is 10.2. The third-order valence-corrected chi connectivity index (χ3v) is 3.31. The molecule has 1 aromatic carbocycles. The SMILES string of the molecule is O=C(O)c1cc(N=Cc2ccc(Cl)s2)ccc1O. The summed E-state index contributed by atoms with van der Waals surface area (Å²) in [6.45, 7) is 0. The Morgan fingerprint density at radius 1 is 1.33 bits per heavy atom. The first-order chi connectivity index (χ1) is 8.56. The van der Waals surface area contributed by atoms with Crippen molar-refractivity contribution in [1.82, 2.24) is 0 Å². The van der Waals surface area contributed by atoms with Crippen LogP contribution in [0.4, 0.5) is 5.69 Å². The number of nitrogens with zero attached hydrogens (tertiary/aromatic N) is 1. The Balaban J connectivity index is 2.27. The average Bonchev–Trinajstić information content (AvgIpc) is 2.74. The molecule has 18 heavy (non-hydrogen) atoms. The predicted molar refractivity (Wildman–Crippen MR) is 71.6 cm³/mol. The smallest absolute Gasteiger partial charge is 0.339 e. The largest absolute Gasteiger partial charge is 0.507 e. The molecule has 0 aliphatic carbocycles. The molecule has 6 heteroatoms. The Kier molecular flexibility index (Phi) is 3.64. The molecule has 1 heterocycles. The number of aliphatic imine (C=N–C) groups is 1. The van der Waals surface area contributed by atoms with E-state index in [1.807, 2.05) is 6.07 Å². The lowest BCUT2D eigenvalue weighted by molar-refractivity contribution is 0.0694.